The van der Waals surface area contributed by atoms with Gasteiger partial charge in [-0.25, -0.2) is 27.8 Å². The second kappa shape index (κ2) is 10.9. The first-order valence-electron chi connectivity index (χ1n) is 11.1. The highest BCUT2D eigenvalue weighted by Gasteiger charge is 2.35. The second-order valence-corrected chi connectivity index (χ2v) is 11.0. The van der Waals surface area contributed by atoms with E-state index in [9.17, 15) is 12.8 Å². The summed E-state index contributed by atoms with van der Waals surface area (Å²) in [6.07, 6.45) is 2.26. The summed E-state index contributed by atoms with van der Waals surface area (Å²) in [5, 5.41) is 7.36. The monoisotopic (exact) mass is 546 g/mol. The zero-order chi connectivity index (χ0) is 26.7. The summed E-state index contributed by atoms with van der Waals surface area (Å²) < 4.78 is 53.1. The topological polar surface area (TPSA) is 122 Å². The molecule has 0 aliphatic carbocycles. The van der Waals surface area contributed by atoms with Crippen LogP contribution in [0.2, 0.25) is 5.02 Å². The first-order chi connectivity index (χ1) is 17.6. The molecule has 0 aliphatic rings. The molecule has 0 radical (unpaired) electrons. The molecule has 0 bridgehead atoms. The van der Waals surface area contributed by atoms with E-state index in [1.807, 2.05) is 6.92 Å². The number of hydrogen-bond donors (Lipinski definition) is 0. The largest absolute Gasteiger partial charge is 0.481 e. The zero-order valence-electron chi connectivity index (χ0n) is 20.5. The van der Waals surface area contributed by atoms with Crippen molar-refractivity contribution in [3.05, 3.63) is 76.8 Å². The Bertz CT molecular complexity index is 1510. The van der Waals surface area contributed by atoms with Crippen molar-refractivity contribution in [1.29, 1.82) is 0 Å². The van der Waals surface area contributed by atoms with Gasteiger partial charge in [0, 0.05) is 25.6 Å². The molecule has 37 heavy (non-hydrogen) atoms. The Morgan fingerprint density at radius 1 is 1.11 bits per heavy atom. The van der Waals surface area contributed by atoms with Crippen molar-refractivity contribution >= 4 is 21.4 Å². The Hall–Kier alpha value is -3.48. The summed E-state index contributed by atoms with van der Waals surface area (Å²) in [4.78, 5) is 12.8. The van der Waals surface area contributed by atoms with Gasteiger partial charge in [-0.2, -0.15) is 0 Å². The van der Waals surface area contributed by atoms with E-state index in [1.54, 1.807) is 30.6 Å². The summed E-state index contributed by atoms with van der Waals surface area (Å²) in [5.41, 5.74) is 1.47. The van der Waals surface area contributed by atoms with Gasteiger partial charge < -0.3 is 9.47 Å². The number of sulfone groups is 1. The van der Waals surface area contributed by atoms with Gasteiger partial charge in [-0.15, -0.1) is 10.2 Å². The average molecular weight is 547 g/mol. The zero-order valence-corrected chi connectivity index (χ0v) is 22.0. The van der Waals surface area contributed by atoms with E-state index in [0.29, 0.717) is 11.6 Å². The predicted octanol–water partition coefficient (Wildman–Crippen LogP) is 3.92. The highest BCUT2D eigenvalue weighted by Crippen LogP contribution is 2.31. The number of aryl methyl sites for hydroxylation is 1. The SMILES string of the molecule is COc1cccc(-c2nnc(CS(=O)(=O)[C@@H](C)[C@H](OC)c3ncc(C)cn3)n2-c2ccc(F)cc2Cl)n1. The molecular weight excluding hydrogens is 523 g/mol. The van der Waals surface area contributed by atoms with Crippen LogP contribution in [0.25, 0.3) is 17.2 Å². The van der Waals surface area contributed by atoms with E-state index in [4.69, 9.17) is 21.1 Å². The lowest BCUT2D eigenvalue weighted by atomic mass is 10.2. The van der Waals surface area contributed by atoms with Crippen molar-refractivity contribution in [3.63, 3.8) is 0 Å². The standard InChI is InChI=1S/C24H24ClFN6O4S/c1-14-11-27-23(28-12-14)22(36-4)15(2)37(33,34)13-20-30-31-24(18-6-5-7-21(29-18)35-3)32(20)19-9-8-16(26)10-17(19)25/h5-12,15,22H,13H2,1-4H3/t15-,22-/m0/s1. The Morgan fingerprint density at radius 3 is 2.49 bits per heavy atom. The average Bonchev–Trinajstić information content (AvgIpc) is 3.28. The van der Waals surface area contributed by atoms with Crippen LogP contribution in [0.5, 0.6) is 5.88 Å². The van der Waals surface area contributed by atoms with Crippen molar-refractivity contribution in [3.8, 4) is 23.1 Å². The fourth-order valence-electron chi connectivity index (χ4n) is 3.70. The molecule has 0 unspecified atom stereocenters. The highest BCUT2D eigenvalue weighted by atomic mass is 35.5. The third-order valence-electron chi connectivity index (χ3n) is 5.67. The van der Waals surface area contributed by atoms with Crippen LogP contribution in [-0.4, -0.2) is 57.6 Å². The van der Waals surface area contributed by atoms with E-state index >= 15 is 0 Å². The maximum absolute atomic E-state index is 13.8. The van der Waals surface area contributed by atoms with Gasteiger partial charge in [0.25, 0.3) is 0 Å². The number of aromatic nitrogens is 6. The van der Waals surface area contributed by atoms with Crippen molar-refractivity contribution in [2.45, 2.75) is 31.0 Å². The Balaban J connectivity index is 1.79. The van der Waals surface area contributed by atoms with Crippen molar-refractivity contribution in [1.82, 2.24) is 29.7 Å². The minimum absolute atomic E-state index is 0.0402. The molecule has 10 nitrogen and oxygen atoms in total. The molecule has 0 N–H and O–H groups in total. The normalized spacial score (nSPS) is 13.4. The molecule has 4 rings (SSSR count). The maximum Gasteiger partial charge on any atom is 0.213 e. The molecule has 0 saturated carbocycles. The molecule has 2 atom stereocenters. The van der Waals surface area contributed by atoms with Gasteiger partial charge >= 0.3 is 0 Å². The van der Waals surface area contributed by atoms with E-state index in [2.05, 4.69) is 25.1 Å². The molecule has 13 heteroatoms. The number of pyridine rings is 1. The van der Waals surface area contributed by atoms with Crippen LogP contribution >= 0.6 is 11.6 Å². The van der Waals surface area contributed by atoms with Crippen LogP contribution in [0, 0.1) is 12.7 Å². The smallest absolute Gasteiger partial charge is 0.213 e. The van der Waals surface area contributed by atoms with E-state index in [-0.39, 0.29) is 28.2 Å². The fourth-order valence-corrected chi connectivity index (χ4v) is 5.37. The number of hydrogen-bond acceptors (Lipinski definition) is 9. The second-order valence-electron chi connectivity index (χ2n) is 8.22. The van der Waals surface area contributed by atoms with E-state index in [0.717, 1.165) is 11.6 Å². The molecule has 3 heterocycles. The minimum Gasteiger partial charge on any atom is -0.481 e. The van der Waals surface area contributed by atoms with Crippen molar-refractivity contribution in [2.24, 2.45) is 0 Å². The fraction of sp³-hybridized carbons (Fsp3) is 0.292. The number of nitrogens with zero attached hydrogens (tertiary/aromatic N) is 6. The van der Waals surface area contributed by atoms with Crippen LogP contribution in [0.4, 0.5) is 4.39 Å². The molecule has 0 amide bonds. The molecular formula is C24H24ClFN6O4S. The lowest BCUT2D eigenvalue weighted by Crippen LogP contribution is -2.30. The number of halogens is 2. The van der Waals surface area contributed by atoms with Gasteiger partial charge in [-0.05, 0) is 43.7 Å². The summed E-state index contributed by atoms with van der Waals surface area (Å²) in [5.74, 6) is -0.249. The molecule has 0 spiro atoms. The molecule has 0 aliphatic heterocycles. The lowest BCUT2D eigenvalue weighted by molar-refractivity contribution is 0.0947. The summed E-state index contributed by atoms with van der Waals surface area (Å²) in [6, 6.07) is 8.77. The van der Waals surface area contributed by atoms with Crippen molar-refractivity contribution < 1.29 is 22.3 Å². The number of benzene rings is 1. The number of ether oxygens (including phenoxy) is 2. The summed E-state index contributed by atoms with van der Waals surface area (Å²) in [6.45, 7) is 3.34. The summed E-state index contributed by atoms with van der Waals surface area (Å²) in [7, 11) is -1.04. The van der Waals surface area contributed by atoms with Crippen LogP contribution in [0.3, 0.4) is 0 Å². The van der Waals surface area contributed by atoms with Gasteiger partial charge in [0.15, 0.2) is 27.3 Å². The molecule has 194 valence electrons. The molecule has 3 aromatic heterocycles. The van der Waals surface area contributed by atoms with Gasteiger partial charge in [0.1, 0.15) is 23.4 Å². The first-order valence-corrected chi connectivity index (χ1v) is 13.2. The third-order valence-corrected chi connectivity index (χ3v) is 8.02. The van der Waals surface area contributed by atoms with Crippen LogP contribution < -0.4 is 4.74 Å². The molecule has 1 aromatic carbocycles. The third kappa shape index (κ3) is 5.60. The number of rotatable bonds is 9. The summed E-state index contributed by atoms with van der Waals surface area (Å²) >= 11 is 6.36. The first kappa shape index (κ1) is 26.6. The molecule has 4 aromatic rings. The van der Waals surface area contributed by atoms with Crippen LogP contribution in [0.1, 0.15) is 30.2 Å². The Kier molecular flexibility index (Phi) is 7.81. The van der Waals surface area contributed by atoms with Crippen LogP contribution in [0.15, 0.2) is 48.8 Å². The minimum atomic E-state index is -3.91. The number of methoxy groups -OCH3 is 2. The Labute approximate surface area is 218 Å². The quantitative estimate of drug-likeness (QED) is 0.307. The predicted molar refractivity (Wildman–Crippen MR) is 135 cm³/mol. The van der Waals surface area contributed by atoms with Gasteiger partial charge in [0.05, 0.1) is 23.1 Å². The van der Waals surface area contributed by atoms with E-state index in [1.165, 1.54) is 37.8 Å². The van der Waals surface area contributed by atoms with Gasteiger partial charge in [0.2, 0.25) is 5.88 Å². The van der Waals surface area contributed by atoms with Gasteiger partial charge in [-0.1, -0.05) is 17.7 Å². The maximum atomic E-state index is 13.8. The molecule has 0 saturated heterocycles. The van der Waals surface area contributed by atoms with Crippen molar-refractivity contribution in [2.75, 3.05) is 14.2 Å². The Morgan fingerprint density at radius 2 is 1.84 bits per heavy atom. The molecule has 0 fully saturated rings. The van der Waals surface area contributed by atoms with Crippen LogP contribution in [-0.2, 0) is 20.3 Å². The highest BCUT2D eigenvalue weighted by molar-refractivity contribution is 7.91. The van der Waals surface area contributed by atoms with Gasteiger partial charge in [-0.3, -0.25) is 4.57 Å². The lowest BCUT2D eigenvalue weighted by Gasteiger charge is -2.22. The van der Waals surface area contributed by atoms with E-state index < -0.39 is 32.8 Å².